The summed E-state index contributed by atoms with van der Waals surface area (Å²) in [4.78, 5) is 29.7. The Morgan fingerprint density at radius 3 is 2.79 bits per heavy atom. The molecule has 1 fully saturated rings. The number of ketones is 1. The van der Waals surface area contributed by atoms with Gasteiger partial charge in [-0.1, -0.05) is 13.0 Å². The highest BCUT2D eigenvalue weighted by Gasteiger charge is 2.31. The van der Waals surface area contributed by atoms with Crippen LogP contribution in [0.5, 0.6) is 0 Å². The predicted molar refractivity (Wildman–Crippen MR) is 71.9 cm³/mol. The van der Waals surface area contributed by atoms with E-state index in [1.165, 1.54) is 11.1 Å². The van der Waals surface area contributed by atoms with Crippen LogP contribution in [-0.2, 0) is 16.1 Å². The lowest BCUT2D eigenvalue weighted by molar-refractivity contribution is -0.141. The Bertz CT molecular complexity index is 470. The molecule has 0 aromatic carbocycles. The van der Waals surface area contributed by atoms with Crippen molar-refractivity contribution in [3.63, 3.8) is 0 Å². The van der Waals surface area contributed by atoms with E-state index >= 15 is 0 Å². The zero-order valence-electron chi connectivity index (χ0n) is 10.9. The highest BCUT2D eigenvalue weighted by atomic mass is 16.2. The van der Waals surface area contributed by atoms with Gasteiger partial charge in [0.25, 0.3) is 0 Å². The minimum Gasteiger partial charge on any atom is -0.315 e. The molecule has 0 N–H and O–H groups in total. The summed E-state index contributed by atoms with van der Waals surface area (Å²) in [5.74, 6) is -0.539. The molecule has 0 spiro atoms. The van der Waals surface area contributed by atoms with E-state index < -0.39 is 5.92 Å². The molecule has 19 heavy (non-hydrogen) atoms. The van der Waals surface area contributed by atoms with Gasteiger partial charge in [0.1, 0.15) is 5.78 Å². The lowest BCUT2D eigenvalue weighted by Crippen LogP contribution is -2.37. The molecule has 0 aliphatic heterocycles. The molecule has 1 aromatic rings. The number of amides is 1. The molecule has 1 aromatic heterocycles. The number of aromatic nitrogens is 1. The molecule has 1 heterocycles. The summed E-state index contributed by atoms with van der Waals surface area (Å²) in [5, 5.41) is 0. The van der Waals surface area contributed by atoms with Crippen molar-refractivity contribution in [1.29, 1.82) is 0 Å². The third kappa shape index (κ3) is 3.28. The SMILES string of the molecule is C=CN(Cc1ccncc1)C(=O)C1CCCCC1=O. The van der Waals surface area contributed by atoms with Crippen LogP contribution in [0.3, 0.4) is 0 Å². The van der Waals surface area contributed by atoms with E-state index in [0.717, 1.165) is 18.4 Å². The number of carbonyl (C=O) groups excluding carboxylic acids is 2. The number of hydrogen-bond acceptors (Lipinski definition) is 3. The fourth-order valence-corrected chi connectivity index (χ4v) is 2.36. The molecule has 0 saturated heterocycles. The van der Waals surface area contributed by atoms with Crippen LogP contribution in [-0.4, -0.2) is 21.6 Å². The second-order valence-corrected chi connectivity index (χ2v) is 4.77. The number of hydrogen-bond donors (Lipinski definition) is 0. The molecule has 1 saturated carbocycles. The van der Waals surface area contributed by atoms with Crippen molar-refractivity contribution in [1.82, 2.24) is 9.88 Å². The summed E-state index contributed by atoms with van der Waals surface area (Å²) < 4.78 is 0. The number of rotatable bonds is 4. The molecule has 100 valence electrons. The molecule has 1 atom stereocenters. The number of nitrogens with zero attached hydrogens (tertiary/aromatic N) is 2. The summed E-state index contributed by atoms with van der Waals surface area (Å²) in [7, 11) is 0. The van der Waals surface area contributed by atoms with Crippen molar-refractivity contribution in [2.75, 3.05) is 0 Å². The molecule has 1 unspecified atom stereocenters. The number of carbonyl (C=O) groups is 2. The molecular formula is C15H18N2O2. The van der Waals surface area contributed by atoms with E-state index in [1.807, 2.05) is 12.1 Å². The van der Waals surface area contributed by atoms with Crippen molar-refractivity contribution >= 4 is 11.7 Å². The third-order valence-corrected chi connectivity index (χ3v) is 3.46. The van der Waals surface area contributed by atoms with Gasteiger partial charge in [0.15, 0.2) is 0 Å². The van der Waals surface area contributed by atoms with E-state index in [0.29, 0.717) is 19.4 Å². The first-order valence-corrected chi connectivity index (χ1v) is 6.57. The van der Waals surface area contributed by atoms with Gasteiger partial charge < -0.3 is 4.90 Å². The van der Waals surface area contributed by atoms with Gasteiger partial charge in [0, 0.05) is 18.8 Å². The summed E-state index contributed by atoms with van der Waals surface area (Å²) in [5.41, 5.74) is 0.978. The van der Waals surface area contributed by atoms with Gasteiger partial charge in [0.2, 0.25) is 5.91 Å². The topological polar surface area (TPSA) is 50.3 Å². The van der Waals surface area contributed by atoms with Crippen LogP contribution in [0.4, 0.5) is 0 Å². The van der Waals surface area contributed by atoms with E-state index in [-0.39, 0.29) is 11.7 Å². The summed E-state index contributed by atoms with van der Waals surface area (Å²) in [6.45, 7) is 4.12. The highest BCUT2D eigenvalue weighted by molar-refractivity contribution is 6.02. The Balaban J connectivity index is 2.06. The monoisotopic (exact) mass is 258 g/mol. The maximum absolute atomic E-state index is 12.4. The van der Waals surface area contributed by atoms with Gasteiger partial charge in [0.05, 0.1) is 12.5 Å². The third-order valence-electron chi connectivity index (χ3n) is 3.46. The maximum atomic E-state index is 12.4. The average Bonchev–Trinajstić information content (AvgIpc) is 2.46. The van der Waals surface area contributed by atoms with Crippen LogP contribution in [0.15, 0.2) is 37.3 Å². The Morgan fingerprint density at radius 1 is 1.42 bits per heavy atom. The largest absolute Gasteiger partial charge is 0.315 e. The lowest BCUT2D eigenvalue weighted by atomic mass is 9.87. The highest BCUT2D eigenvalue weighted by Crippen LogP contribution is 2.23. The quantitative estimate of drug-likeness (QED) is 0.779. The summed E-state index contributed by atoms with van der Waals surface area (Å²) >= 11 is 0. The van der Waals surface area contributed by atoms with Crippen molar-refractivity contribution < 1.29 is 9.59 Å². The lowest BCUT2D eigenvalue weighted by Gasteiger charge is -2.26. The average molecular weight is 258 g/mol. The standard InChI is InChI=1S/C15H18N2O2/c1-2-17(11-12-7-9-16-10-8-12)15(19)13-5-3-4-6-14(13)18/h2,7-10,13H,1,3-6,11H2. The first-order valence-electron chi connectivity index (χ1n) is 6.57. The van der Waals surface area contributed by atoms with Crippen molar-refractivity contribution in [3.8, 4) is 0 Å². The Labute approximate surface area is 113 Å². The predicted octanol–water partition coefficient (Wildman–Crippen LogP) is 2.31. The smallest absolute Gasteiger partial charge is 0.237 e. The van der Waals surface area contributed by atoms with Gasteiger partial charge in [-0.2, -0.15) is 0 Å². The number of pyridine rings is 1. The van der Waals surface area contributed by atoms with Gasteiger partial charge >= 0.3 is 0 Å². The van der Waals surface area contributed by atoms with Crippen LogP contribution in [0.1, 0.15) is 31.2 Å². The van der Waals surface area contributed by atoms with Crippen molar-refractivity contribution in [2.24, 2.45) is 5.92 Å². The van der Waals surface area contributed by atoms with Gasteiger partial charge in [-0.15, -0.1) is 0 Å². The summed E-state index contributed by atoms with van der Waals surface area (Å²) in [6.07, 6.45) is 7.92. The second kappa shape index (κ2) is 6.27. The van der Waals surface area contributed by atoms with Crippen LogP contribution in [0.25, 0.3) is 0 Å². The molecule has 4 heteroatoms. The van der Waals surface area contributed by atoms with Crippen LogP contribution < -0.4 is 0 Å². The van der Waals surface area contributed by atoms with Crippen LogP contribution in [0, 0.1) is 5.92 Å². The van der Waals surface area contributed by atoms with E-state index in [4.69, 9.17) is 0 Å². The van der Waals surface area contributed by atoms with E-state index in [2.05, 4.69) is 11.6 Å². The minimum absolute atomic E-state index is 0.0674. The fourth-order valence-electron chi connectivity index (χ4n) is 2.36. The van der Waals surface area contributed by atoms with Crippen LogP contribution >= 0.6 is 0 Å². The van der Waals surface area contributed by atoms with Crippen molar-refractivity contribution in [3.05, 3.63) is 42.9 Å². The maximum Gasteiger partial charge on any atom is 0.237 e. The zero-order valence-corrected chi connectivity index (χ0v) is 10.9. The van der Waals surface area contributed by atoms with Crippen molar-refractivity contribution in [2.45, 2.75) is 32.2 Å². The molecule has 0 radical (unpaired) electrons. The minimum atomic E-state index is -0.478. The molecule has 1 aliphatic carbocycles. The number of Topliss-reactive ketones (excluding diaryl/α,β-unsaturated/α-hetero) is 1. The van der Waals surface area contributed by atoms with Crippen LogP contribution in [0.2, 0.25) is 0 Å². The van der Waals surface area contributed by atoms with Gasteiger partial charge in [-0.3, -0.25) is 14.6 Å². The molecular weight excluding hydrogens is 240 g/mol. The molecule has 2 rings (SSSR count). The second-order valence-electron chi connectivity index (χ2n) is 4.77. The fraction of sp³-hybridized carbons (Fsp3) is 0.400. The molecule has 4 nitrogen and oxygen atoms in total. The first kappa shape index (κ1) is 13.5. The van der Waals surface area contributed by atoms with Gasteiger partial charge in [-0.25, -0.2) is 0 Å². The molecule has 1 aliphatic rings. The summed E-state index contributed by atoms with van der Waals surface area (Å²) in [6, 6.07) is 3.71. The molecule has 1 amide bonds. The Kier molecular flexibility index (Phi) is 4.44. The van der Waals surface area contributed by atoms with Gasteiger partial charge in [-0.05, 0) is 36.7 Å². The first-order chi connectivity index (χ1) is 9.22. The van der Waals surface area contributed by atoms with E-state index in [9.17, 15) is 9.59 Å². The normalized spacial score (nSPS) is 18.9. The molecule has 0 bridgehead atoms. The zero-order chi connectivity index (χ0) is 13.7. The Hall–Kier alpha value is -1.97. The van der Waals surface area contributed by atoms with E-state index in [1.54, 1.807) is 12.4 Å². The Morgan fingerprint density at radius 2 is 2.16 bits per heavy atom.